The summed E-state index contributed by atoms with van der Waals surface area (Å²) in [5, 5.41) is 0.621. The molecule has 7 heteroatoms. The highest BCUT2D eigenvalue weighted by Crippen LogP contribution is 2.17. The van der Waals surface area contributed by atoms with Crippen molar-refractivity contribution in [2.45, 2.75) is 19.4 Å². The summed E-state index contributed by atoms with van der Waals surface area (Å²) in [6, 6.07) is 13.5. The average molecular weight is 388 g/mol. The van der Waals surface area contributed by atoms with Gasteiger partial charge in [0.2, 0.25) is 11.8 Å². The third kappa shape index (κ3) is 5.08. The van der Waals surface area contributed by atoms with Gasteiger partial charge in [-0.15, -0.1) is 0 Å². The second kappa shape index (κ2) is 8.68. The van der Waals surface area contributed by atoms with Gasteiger partial charge in [0.05, 0.1) is 12.1 Å². The Morgan fingerprint density at radius 3 is 2.19 bits per heavy atom. The van der Waals surface area contributed by atoms with E-state index in [0.29, 0.717) is 16.3 Å². The molecule has 2 aromatic rings. The molecule has 1 aliphatic rings. The van der Waals surface area contributed by atoms with Gasteiger partial charge in [0.1, 0.15) is 19.0 Å². The number of likely N-dealkylation sites (tertiary alicyclic amines) is 1. The Bertz CT molecular complexity index is 816. The first kappa shape index (κ1) is 18.9. The highest BCUT2D eigenvalue weighted by atomic mass is 35.5. The Morgan fingerprint density at radius 1 is 0.926 bits per heavy atom. The number of imide groups is 1. The first-order chi connectivity index (χ1) is 13.0. The number of benzene rings is 2. The molecule has 0 radical (unpaired) electrons. The van der Waals surface area contributed by atoms with Crippen LogP contribution in [-0.4, -0.2) is 35.9 Å². The van der Waals surface area contributed by atoms with Crippen molar-refractivity contribution in [3.63, 3.8) is 0 Å². The van der Waals surface area contributed by atoms with Gasteiger partial charge in [0.15, 0.2) is 0 Å². The predicted octanol–water partition coefficient (Wildman–Crippen LogP) is 3.22. The van der Waals surface area contributed by atoms with Crippen LogP contribution in [-0.2, 0) is 20.9 Å². The predicted molar refractivity (Wildman–Crippen MR) is 98.5 cm³/mol. The van der Waals surface area contributed by atoms with Crippen LogP contribution in [0.15, 0.2) is 48.5 Å². The van der Waals surface area contributed by atoms with E-state index in [9.17, 15) is 14.4 Å². The maximum Gasteiger partial charge on any atom is 0.338 e. The lowest BCUT2D eigenvalue weighted by molar-refractivity contribution is -0.139. The molecule has 0 saturated carbocycles. The SMILES string of the molecule is O=C(OCCOc1ccc(Cl)cc1)c1ccc(CN2C(=O)CCC2=O)cc1. The van der Waals surface area contributed by atoms with E-state index in [2.05, 4.69) is 0 Å². The van der Waals surface area contributed by atoms with Crippen LogP contribution in [0, 0.1) is 0 Å². The smallest absolute Gasteiger partial charge is 0.338 e. The van der Waals surface area contributed by atoms with E-state index in [0.717, 1.165) is 5.56 Å². The first-order valence-electron chi connectivity index (χ1n) is 8.50. The second-order valence-corrected chi connectivity index (χ2v) is 6.45. The summed E-state index contributed by atoms with van der Waals surface area (Å²) >= 11 is 5.79. The Morgan fingerprint density at radius 2 is 1.56 bits per heavy atom. The maximum atomic E-state index is 12.0. The quantitative estimate of drug-likeness (QED) is 0.414. The topological polar surface area (TPSA) is 72.9 Å². The molecule has 3 rings (SSSR count). The number of carbonyl (C=O) groups is 3. The van der Waals surface area contributed by atoms with E-state index in [4.69, 9.17) is 21.1 Å². The van der Waals surface area contributed by atoms with Gasteiger partial charge >= 0.3 is 5.97 Å². The van der Waals surface area contributed by atoms with E-state index < -0.39 is 5.97 Å². The fourth-order valence-corrected chi connectivity index (χ4v) is 2.76. The number of rotatable bonds is 7. The highest BCUT2D eigenvalue weighted by molar-refractivity contribution is 6.30. The highest BCUT2D eigenvalue weighted by Gasteiger charge is 2.28. The van der Waals surface area contributed by atoms with Gasteiger partial charge in [-0.1, -0.05) is 23.7 Å². The van der Waals surface area contributed by atoms with Gasteiger partial charge in [0, 0.05) is 17.9 Å². The number of nitrogens with zero attached hydrogens (tertiary/aromatic N) is 1. The summed E-state index contributed by atoms with van der Waals surface area (Å²) in [5.74, 6) is -0.145. The monoisotopic (exact) mass is 387 g/mol. The van der Waals surface area contributed by atoms with E-state index in [1.165, 1.54) is 4.90 Å². The Kier molecular flexibility index (Phi) is 6.08. The van der Waals surface area contributed by atoms with Crippen molar-refractivity contribution in [2.24, 2.45) is 0 Å². The Balaban J connectivity index is 1.45. The van der Waals surface area contributed by atoms with E-state index in [1.807, 2.05) is 0 Å². The molecule has 0 aromatic heterocycles. The minimum absolute atomic E-state index is 0.111. The zero-order valence-electron chi connectivity index (χ0n) is 14.5. The lowest BCUT2D eigenvalue weighted by atomic mass is 10.1. The third-order valence-corrected chi connectivity index (χ3v) is 4.34. The van der Waals surface area contributed by atoms with Crippen molar-refractivity contribution < 1.29 is 23.9 Å². The summed E-state index contributed by atoms with van der Waals surface area (Å²) in [5.41, 5.74) is 1.17. The average Bonchev–Trinajstić information content (AvgIpc) is 2.99. The molecule has 2 aromatic carbocycles. The largest absolute Gasteiger partial charge is 0.490 e. The van der Waals surface area contributed by atoms with E-state index in [1.54, 1.807) is 48.5 Å². The van der Waals surface area contributed by atoms with Crippen molar-refractivity contribution in [2.75, 3.05) is 13.2 Å². The van der Waals surface area contributed by atoms with Gasteiger partial charge in [0.25, 0.3) is 0 Å². The zero-order chi connectivity index (χ0) is 19.2. The minimum atomic E-state index is -0.463. The Labute approximate surface area is 161 Å². The van der Waals surface area contributed by atoms with Crippen LogP contribution in [0.1, 0.15) is 28.8 Å². The summed E-state index contributed by atoms with van der Waals surface area (Å²) in [7, 11) is 0. The maximum absolute atomic E-state index is 12.0. The van der Waals surface area contributed by atoms with Crippen LogP contribution in [0.4, 0.5) is 0 Å². The molecule has 1 saturated heterocycles. The second-order valence-electron chi connectivity index (χ2n) is 6.01. The summed E-state index contributed by atoms with van der Waals surface area (Å²) < 4.78 is 10.6. The van der Waals surface area contributed by atoms with Crippen molar-refractivity contribution >= 4 is 29.4 Å². The number of esters is 1. The van der Waals surface area contributed by atoms with Crippen molar-refractivity contribution in [1.82, 2.24) is 4.90 Å². The standard InChI is InChI=1S/C20H18ClNO5/c21-16-5-7-17(8-6-16)26-11-12-27-20(25)15-3-1-14(2-4-15)13-22-18(23)9-10-19(22)24/h1-8H,9-13H2. The van der Waals surface area contributed by atoms with Crippen molar-refractivity contribution in [3.8, 4) is 5.75 Å². The molecule has 6 nitrogen and oxygen atoms in total. The molecule has 0 bridgehead atoms. The van der Waals surface area contributed by atoms with Crippen LogP contribution in [0.3, 0.4) is 0 Å². The number of carbonyl (C=O) groups excluding carboxylic acids is 3. The van der Waals surface area contributed by atoms with Crippen molar-refractivity contribution in [1.29, 1.82) is 0 Å². The lowest BCUT2D eigenvalue weighted by Crippen LogP contribution is -2.28. The van der Waals surface area contributed by atoms with Crippen LogP contribution in [0.25, 0.3) is 0 Å². The van der Waals surface area contributed by atoms with Gasteiger partial charge in [-0.2, -0.15) is 0 Å². The Hall–Kier alpha value is -2.86. The van der Waals surface area contributed by atoms with Crippen LogP contribution >= 0.6 is 11.6 Å². The van der Waals surface area contributed by atoms with Crippen LogP contribution < -0.4 is 4.74 Å². The molecule has 0 N–H and O–H groups in total. The molecular formula is C20H18ClNO5. The number of halogens is 1. The molecule has 1 aliphatic heterocycles. The van der Waals surface area contributed by atoms with Crippen LogP contribution in [0.5, 0.6) is 5.75 Å². The summed E-state index contributed by atoms with van der Waals surface area (Å²) in [6.07, 6.45) is 0.530. The first-order valence-corrected chi connectivity index (χ1v) is 8.88. The van der Waals surface area contributed by atoms with Gasteiger partial charge < -0.3 is 9.47 Å². The van der Waals surface area contributed by atoms with Gasteiger partial charge in [-0.25, -0.2) is 4.79 Å². The number of ether oxygens (including phenoxy) is 2. The molecule has 27 heavy (non-hydrogen) atoms. The number of amides is 2. The van der Waals surface area contributed by atoms with Crippen molar-refractivity contribution in [3.05, 3.63) is 64.7 Å². The molecule has 0 spiro atoms. The molecule has 0 atom stereocenters. The third-order valence-electron chi connectivity index (χ3n) is 4.08. The van der Waals surface area contributed by atoms with Gasteiger partial charge in [-0.05, 0) is 42.0 Å². The van der Waals surface area contributed by atoms with E-state index >= 15 is 0 Å². The van der Waals surface area contributed by atoms with Gasteiger partial charge in [-0.3, -0.25) is 14.5 Å². The molecule has 140 valence electrons. The minimum Gasteiger partial charge on any atom is -0.490 e. The zero-order valence-corrected chi connectivity index (χ0v) is 15.3. The fraction of sp³-hybridized carbons (Fsp3) is 0.250. The summed E-state index contributed by atoms with van der Waals surface area (Å²) in [6.45, 7) is 0.562. The number of hydrogen-bond acceptors (Lipinski definition) is 5. The molecular weight excluding hydrogens is 370 g/mol. The molecule has 0 unspecified atom stereocenters. The molecule has 1 fully saturated rings. The molecule has 1 heterocycles. The number of hydrogen-bond donors (Lipinski definition) is 0. The fourth-order valence-electron chi connectivity index (χ4n) is 2.64. The van der Waals surface area contributed by atoms with Crippen LogP contribution in [0.2, 0.25) is 5.02 Å². The normalized spacial score (nSPS) is 13.7. The molecule has 2 amide bonds. The van der Waals surface area contributed by atoms with E-state index in [-0.39, 0.29) is 44.4 Å². The lowest BCUT2D eigenvalue weighted by Gasteiger charge is -2.13. The molecule has 0 aliphatic carbocycles. The summed E-state index contributed by atoms with van der Waals surface area (Å²) in [4.78, 5) is 36.6.